The van der Waals surface area contributed by atoms with E-state index >= 15 is 0 Å². The summed E-state index contributed by atoms with van der Waals surface area (Å²) in [7, 11) is 0. The van der Waals surface area contributed by atoms with E-state index < -0.39 is 11.9 Å². The second-order valence-electron chi connectivity index (χ2n) is 8.47. The summed E-state index contributed by atoms with van der Waals surface area (Å²) in [5.41, 5.74) is 0.0356. The molecule has 5 heteroatoms. The monoisotopic (exact) mass is 434 g/mol. The van der Waals surface area contributed by atoms with Gasteiger partial charge in [0.05, 0.1) is 12.2 Å². The summed E-state index contributed by atoms with van der Waals surface area (Å²) < 4.78 is 5.56. The van der Waals surface area contributed by atoms with Crippen molar-refractivity contribution >= 4 is 11.9 Å². The lowest BCUT2D eigenvalue weighted by atomic mass is 10.0. The van der Waals surface area contributed by atoms with Crippen molar-refractivity contribution in [3.05, 3.63) is 29.3 Å². The number of unbranched alkanes of at least 4 members (excludes halogenated alkanes) is 15. The van der Waals surface area contributed by atoms with Crippen LogP contribution in [0.5, 0.6) is 5.75 Å². The number of carboxylic acids is 2. The molecule has 5 nitrogen and oxygen atoms in total. The van der Waals surface area contributed by atoms with Crippen LogP contribution in [0.4, 0.5) is 0 Å². The van der Waals surface area contributed by atoms with Crippen molar-refractivity contribution in [2.45, 2.75) is 110 Å². The second kappa shape index (κ2) is 17.6. The quantitative estimate of drug-likeness (QED) is 0.205. The molecule has 0 saturated carbocycles. The van der Waals surface area contributed by atoms with Crippen molar-refractivity contribution in [2.75, 3.05) is 6.61 Å². The number of ether oxygens (including phenoxy) is 1. The molecule has 0 amide bonds. The standard InChI is InChI=1S/C26H42O5/c1-2-3-4-5-6-7-8-9-10-11-12-13-14-15-16-17-20-31-24-21-22(25(27)28)18-19-23(24)26(29)30/h18-19,21H,2-17,20H2,1H3,(H,27,28)(H,29,30). The first kappa shape index (κ1) is 27.0. The van der Waals surface area contributed by atoms with E-state index in [1.54, 1.807) is 0 Å². The summed E-state index contributed by atoms with van der Waals surface area (Å²) in [4.78, 5) is 22.3. The number of rotatable bonds is 20. The third-order valence-corrected chi connectivity index (χ3v) is 5.71. The Morgan fingerprint density at radius 2 is 1.13 bits per heavy atom. The smallest absolute Gasteiger partial charge is 0.339 e. The van der Waals surface area contributed by atoms with Crippen LogP contribution in [-0.4, -0.2) is 28.8 Å². The van der Waals surface area contributed by atoms with Gasteiger partial charge in [0.25, 0.3) is 0 Å². The van der Waals surface area contributed by atoms with Crippen LogP contribution < -0.4 is 4.74 Å². The highest BCUT2D eigenvalue weighted by Gasteiger charge is 2.14. The van der Waals surface area contributed by atoms with Gasteiger partial charge in [-0.2, -0.15) is 0 Å². The summed E-state index contributed by atoms with van der Waals surface area (Å²) in [5.74, 6) is -2.07. The SMILES string of the molecule is CCCCCCCCCCCCCCCCCCOc1cc(C(=O)O)ccc1C(=O)O. The first-order valence-electron chi connectivity index (χ1n) is 12.3. The molecule has 1 aromatic rings. The van der Waals surface area contributed by atoms with Crippen molar-refractivity contribution in [3.8, 4) is 5.75 Å². The fourth-order valence-corrected chi connectivity index (χ4v) is 3.78. The Kier molecular flexibility index (Phi) is 15.3. The molecule has 0 aliphatic heterocycles. The Bertz CT molecular complexity index is 626. The van der Waals surface area contributed by atoms with Crippen molar-refractivity contribution in [1.82, 2.24) is 0 Å². The Hall–Kier alpha value is -2.04. The van der Waals surface area contributed by atoms with Crippen molar-refractivity contribution in [2.24, 2.45) is 0 Å². The molecule has 1 aromatic carbocycles. The van der Waals surface area contributed by atoms with Crippen LogP contribution in [-0.2, 0) is 0 Å². The van der Waals surface area contributed by atoms with E-state index in [0.717, 1.165) is 19.3 Å². The predicted octanol–water partition coefficient (Wildman–Crippen LogP) is 7.72. The maximum absolute atomic E-state index is 11.3. The van der Waals surface area contributed by atoms with Crippen molar-refractivity contribution in [1.29, 1.82) is 0 Å². The van der Waals surface area contributed by atoms with E-state index in [1.807, 2.05) is 0 Å². The van der Waals surface area contributed by atoms with Gasteiger partial charge in [0.2, 0.25) is 0 Å². The van der Waals surface area contributed by atoms with Gasteiger partial charge in [0, 0.05) is 0 Å². The summed E-state index contributed by atoms with van der Waals surface area (Å²) >= 11 is 0. The minimum Gasteiger partial charge on any atom is -0.493 e. The molecule has 0 aliphatic carbocycles. The normalized spacial score (nSPS) is 10.9. The van der Waals surface area contributed by atoms with Crippen LogP contribution in [0.15, 0.2) is 18.2 Å². The van der Waals surface area contributed by atoms with Gasteiger partial charge in [0.1, 0.15) is 11.3 Å². The van der Waals surface area contributed by atoms with Gasteiger partial charge in [-0.05, 0) is 24.6 Å². The highest BCUT2D eigenvalue weighted by molar-refractivity contribution is 5.94. The van der Waals surface area contributed by atoms with Gasteiger partial charge in [-0.15, -0.1) is 0 Å². The first-order valence-corrected chi connectivity index (χ1v) is 12.3. The van der Waals surface area contributed by atoms with Crippen molar-refractivity contribution < 1.29 is 24.5 Å². The van der Waals surface area contributed by atoms with Gasteiger partial charge < -0.3 is 14.9 Å². The van der Waals surface area contributed by atoms with Gasteiger partial charge in [-0.1, -0.05) is 103 Å². The molecule has 0 unspecified atom stereocenters. The lowest BCUT2D eigenvalue weighted by Crippen LogP contribution is -2.07. The topological polar surface area (TPSA) is 83.8 Å². The molecule has 31 heavy (non-hydrogen) atoms. The Morgan fingerprint density at radius 1 is 0.677 bits per heavy atom. The van der Waals surface area contributed by atoms with Gasteiger partial charge in [-0.25, -0.2) is 9.59 Å². The maximum atomic E-state index is 11.3. The lowest BCUT2D eigenvalue weighted by molar-refractivity contribution is 0.0677. The molecule has 0 spiro atoms. The fourth-order valence-electron chi connectivity index (χ4n) is 3.78. The lowest BCUT2D eigenvalue weighted by Gasteiger charge is -2.10. The molecular formula is C26H42O5. The Morgan fingerprint density at radius 3 is 1.55 bits per heavy atom. The number of hydrogen-bond acceptors (Lipinski definition) is 3. The number of aromatic carboxylic acids is 2. The highest BCUT2D eigenvalue weighted by atomic mass is 16.5. The maximum Gasteiger partial charge on any atom is 0.339 e. The average Bonchev–Trinajstić information content (AvgIpc) is 2.75. The number of carboxylic acid groups (broad SMARTS) is 2. The number of hydrogen-bond donors (Lipinski definition) is 2. The van der Waals surface area contributed by atoms with Crippen LogP contribution in [0.3, 0.4) is 0 Å². The zero-order chi connectivity index (χ0) is 22.7. The van der Waals surface area contributed by atoms with E-state index in [-0.39, 0.29) is 16.9 Å². The number of benzene rings is 1. The van der Waals surface area contributed by atoms with Crippen LogP contribution in [0.1, 0.15) is 130 Å². The minimum atomic E-state index is -1.11. The molecule has 0 fully saturated rings. The molecule has 0 heterocycles. The van der Waals surface area contributed by atoms with Crippen LogP contribution >= 0.6 is 0 Å². The Balaban J connectivity index is 1.99. The van der Waals surface area contributed by atoms with E-state index in [4.69, 9.17) is 9.84 Å². The molecule has 0 aliphatic rings. The third kappa shape index (κ3) is 13.1. The summed E-state index contributed by atoms with van der Waals surface area (Å²) in [5, 5.41) is 18.3. The van der Waals surface area contributed by atoms with Gasteiger partial charge >= 0.3 is 11.9 Å². The van der Waals surface area contributed by atoms with E-state index in [1.165, 1.54) is 102 Å². The van der Waals surface area contributed by atoms with Crippen LogP contribution in [0.25, 0.3) is 0 Å². The van der Waals surface area contributed by atoms with Gasteiger partial charge in [0.15, 0.2) is 0 Å². The van der Waals surface area contributed by atoms with Crippen molar-refractivity contribution in [3.63, 3.8) is 0 Å². The minimum absolute atomic E-state index is 0.00138. The van der Waals surface area contributed by atoms with E-state index in [0.29, 0.717) is 6.61 Å². The van der Waals surface area contributed by atoms with E-state index in [2.05, 4.69) is 6.92 Å². The largest absolute Gasteiger partial charge is 0.493 e. The molecule has 2 N–H and O–H groups in total. The molecule has 176 valence electrons. The molecular weight excluding hydrogens is 392 g/mol. The van der Waals surface area contributed by atoms with Crippen LogP contribution in [0.2, 0.25) is 0 Å². The summed E-state index contributed by atoms with van der Waals surface area (Å²) in [6.07, 6.45) is 20.7. The zero-order valence-electron chi connectivity index (χ0n) is 19.4. The third-order valence-electron chi connectivity index (χ3n) is 5.71. The first-order chi connectivity index (χ1) is 15.1. The zero-order valence-corrected chi connectivity index (χ0v) is 19.4. The van der Waals surface area contributed by atoms with E-state index in [9.17, 15) is 14.7 Å². The average molecular weight is 435 g/mol. The predicted molar refractivity (Wildman–Crippen MR) is 125 cm³/mol. The fraction of sp³-hybridized carbons (Fsp3) is 0.692. The number of carbonyl (C=O) groups is 2. The molecule has 0 saturated heterocycles. The molecule has 0 aromatic heterocycles. The molecule has 0 bridgehead atoms. The van der Waals surface area contributed by atoms with Gasteiger partial charge in [-0.3, -0.25) is 0 Å². The summed E-state index contributed by atoms with van der Waals surface area (Å²) in [6, 6.07) is 3.86. The molecule has 1 rings (SSSR count). The summed E-state index contributed by atoms with van der Waals surface area (Å²) in [6.45, 7) is 2.67. The Labute approximate surface area is 188 Å². The second-order valence-corrected chi connectivity index (χ2v) is 8.47. The highest BCUT2D eigenvalue weighted by Crippen LogP contribution is 2.21. The molecule has 0 radical (unpaired) electrons. The molecule has 0 atom stereocenters. The van der Waals surface area contributed by atoms with Crippen LogP contribution in [0, 0.1) is 0 Å².